The van der Waals surface area contributed by atoms with Crippen molar-refractivity contribution in [2.24, 2.45) is 0 Å². The molecule has 0 aliphatic carbocycles. The summed E-state index contributed by atoms with van der Waals surface area (Å²) in [6, 6.07) is 4.75. The molecule has 78 valence electrons. The summed E-state index contributed by atoms with van der Waals surface area (Å²) in [6.45, 7) is 0. The quantitative estimate of drug-likeness (QED) is 0.771. The molecular formula is C9H7BrN2O3. The minimum absolute atomic E-state index is 0.325. The van der Waals surface area contributed by atoms with Crippen LogP contribution in [0.4, 0.5) is 0 Å². The lowest BCUT2D eigenvalue weighted by molar-refractivity contribution is -0.146. The molecule has 15 heavy (non-hydrogen) atoms. The Kier molecular flexibility index (Phi) is 2.45. The molecule has 0 saturated carbocycles. The van der Waals surface area contributed by atoms with Crippen molar-refractivity contribution in [2.45, 2.75) is 6.10 Å². The minimum Gasteiger partial charge on any atom is -0.479 e. The Morgan fingerprint density at radius 2 is 2.27 bits per heavy atom. The largest absolute Gasteiger partial charge is 0.479 e. The molecule has 0 bridgehead atoms. The lowest BCUT2D eigenvalue weighted by atomic mass is 10.1. The van der Waals surface area contributed by atoms with Crippen molar-refractivity contribution in [3.8, 4) is 0 Å². The maximum absolute atomic E-state index is 10.6. The first-order valence-electron chi connectivity index (χ1n) is 4.14. The van der Waals surface area contributed by atoms with Gasteiger partial charge in [-0.1, -0.05) is 6.07 Å². The second-order valence-electron chi connectivity index (χ2n) is 3.04. The molecule has 1 aromatic heterocycles. The number of aromatic amines is 1. The number of carboxylic acid groups (broad SMARTS) is 1. The number of fused-ring (bicyclic) bond motifs is 1. The number of carboxylic acids is 1. The Morgan fingerprint density at radius 1 is 1.53 bits per heavy atom. The van der Waals surface area contributed by atoms with E-state index in [1.807, 2.05) is 0 Å². The van der Waals surface area contributed by atoms with Crippen molar-refractivity contribution in [1.29, 1.82) is 0 Å². The van der Waals surface area contributed by atoms with Gasteiger partial charge in [-0.25, -0.2) is 9.78 Å². The average Bonchev–Trinajstić information content (AvgIpc) is 2.55. The van der Waals surface area contributed by atoms with Crippen LogP contribution in [0, 0.1) is 0 Å². The van der Waals surface area contributed by atoms with Gasteiger partial charge in [0.15, 0.2) is 10.8 Å². The zero-order valence-corrected chi connectivity index (χ0v) is 9.02. The van der Waals surface area contributed by atoms with Crippen LogP contribution < -0.4 is 0 Å². The first kappa shape index (κ1) is 10.1. The molecule has 6 heteroatoms. The summed E-state index contributed by atoms with van der Waals surface area (Å²) >= 11 is 3.17. The fourth-order valence-corrected chi connectivity index (χ4v) is 1.71. The Morgan fingerprint density at radius 3 is 2.93 bits per heavy atom. The van der Waals surface area contributed by atoms with Crippen LogP contribution in [-0.4, -0.2) is 26.2 Å². The van der Waals surface area contributed by atoms with Gasteiger partial charge in [-0.2, -0.15) is 0 Å². The van der Waals surface area contributed by atoms with Crippen molar-refractivity contribution in [1.82, 2.24) is 9.97 Å². The van der Waals surface area contributed by atoms with Crippen molar-refractivity contribution in [3.05, 3.63) is 28.5 Å². The number of carbonyl (C=O) groups is 1. The van der Waals surface area contributed by atoms with Gasteiger partial charge in [0.1, 0.15) is 0 Å². The average molecular weight is 271 g/mol. The molecule has 0 fully saturated rings. The molecule has 2 aromatic rings. The lowest BCUT2D eigenvalue weighted by Crippen LogP contribution is -2.10. The number of nitrogens with one attached hydrogen (secondary N) is 1. The second kappa shape index (κ2) is 3.63. The first-order valence-corrected chi connectivity index (χ1v) is 4.93. The number of aliphatic hydroxyl groups is 1. The number of imidazole rings is 1. The molecule has 1 heterocycles. The van der Waals surface area contributed by atoms with Gasteiger partial charge < -0.3 is 15.2 Å². The predicted molar refractivity (Wildman–Crippen MR) is 56.4 cm³/mol. The van der Waals surface area contributed by atoms with E-state index in [9.17, 15) is 9.90 Å². The van der Waals surface area contributed by atoms with Crippen molar-refractivity contribution < 1.29 is 15.0 Å². The van der Waals surface area contributed by atoms with E-state index in [-0.39, 0.29) is 0 Å². The molecule has 0 saturated heterocycles. The highest BCUT2D eigenvalue weighted by Crippen LogP contribution is 2.20. The summed E-state index contributed by atoms with van der Waals surface area (Å²) in [5, 5.41) is 17.9. The number of aromatic nitrogens is 2. The smallest absolute Gasteiger partial charge is 0.337 e. The Hall–Kier alpha value is -1.40. The van der Waals surface area contributed by atoms with E-state index in [2.05, 4.69) is 25.9 Å². The summed E-state index contributed by atoms with van der Waals surface area (Å²) in [5.41, 5.74) is 1.72. The summed E-state index contributed by atoms with van der Waals surface area (Å²) in [6.07, 6.45) is -1.50. The minimum atomic E-state index is -1.50. The van der Waals surface area contributed by atoms with Crippen LogP contribution >= 0.6 is 15.9 Å². The number of rotatable bonds is 2. The fraction of sp³-hybridized carbons (Fsp3) is 0.111. The first-order chi connectivity index (χ1) is 7.08. The molecule has 0 aliphatic heterocycles. The van der Waals surface area contributed by atoms with Crippen molar-refractivity contribution in [3.63, 3.8) is 0 Å². The number of hydrogen-bond acceptors (Lipinski definition) is 3. The number of aliphatic hydroxyl groups excluding tert-OH is 1. The van der Waals surface area contributed by atoms with E-state index in [1.54, 1.807) is 12.1 Å². The monoisotopic (exact) mass is 270 g/mol. The molecule has 2 rings (SSSR count). The highest BCUT2D eigenvalue weighted by atomic mass is 79.9. The fourth-order valence-electron chi connectivity index (χ4n) is 1.31. The summed E-state index contributed by atoms with van der Waals surface area (Å²) < 4.78 is 0.569. The van der Waals surface area contributed by atoms with Crippen LogP contribution in [0.1, 0.15) is 11.7 Å². The van der Waals surface area contributed by atoms with Gasteiger partial charge in [0.2, 0.25) is 0 Å². The third kappa shape index (κ3) is 1.86. The number of H-pyrrole nitrogens is 1. The predicted octanol–water partition coefficient (Wildman–Crippen LogP) is 1.44. The van der Waals surface area contributed by atoms with Gasteiger partial charge in [0.25, 0.3) is 0 Å². The van der Waals surface area contributed by atoms with E-state index < -0.39 is 12.1 Å². The number of aliphatic carboxylic acids is 1. The van der Waals surface area contributed by atoms with Crippen LogP contribution in [0.5, 0.6) is 0 Å². The molecule has 1 unspecified atom stereocenters. The number of hydrogen-bond donors (Lipinski definition) is 3. The number of nitrogens with zero attached hydrogens (tertiary/aromatic N) is 1. The van der Waals surface area contributed by atoms with Gasteiger partial charge in [0.05, 0.1) is 11.0 Å². The van der Waals surface area contributed by atoms with Gasteiger partial charge in [-0.05, 0) is 33.6 Å². The SMILES string of the molecule is O=C(O)C(O)c1ccc2nc(Br)[nH]c2c1. The lowest BCUT2D eigenvalue weighted by Gasteiger charge is -2.04. The summed E-state index contributed by atoms with van der Waals surface area (Å²) in [7, 11) is 0. The molecule has 0 aliphatic rings. The molecule has 0 spiro atoms. The van der Waals surface area contributed by atoms with E-state index >= 15 is 0 Å². The zero-order valence-electron chi connectivity index (χ0n) is 7.44. The van der Waals surface area contributed by atoms with Crippen molar-refractivity contribution >= 4 is 32.9 Å². The molecule has 3 N–H and O–H groups in total. The number of benzene rings is 1. The van der Waals surface area contributed by atoms with Crippen LogP contribution in [0.3, 0.4) is 0 Å². The van der Waals surface area contributed by atoms with Gasteiger partial charge in [0, 0.05) is 0 Å². The highest BCUT2D eigenvalue weighted by Gasteiger charge is 2.16. The molecule has 5 nitrogen and oxygen atoms in total. The van der Waals surface area contributed by atoms with E-state index in [1.165, 1.54) is 6.07 Å². The van der Waals surface area contributed by atoms with Gasteiger partial charge in [-0.3, -0.25) is 0 Å². The molecule has 1 aromatic carbocycles. The second-order valence-corrected chi connectivity index (χ2v) is 3.80. The molecule has 0 amide bonds. The summed E-state index contributed by atoms with van der Waals surface area (Å²) in [4.78, 5) is 17.5. The van der Waals surface area contributed by atoms with Crippen LogP contribution in [-0.2, 0) is 4.79 Å². The summed E-state index contributed by atoms with van der Waals surface area (Å²) in [5.74, 6) is -1.27. The third-order valence-corrected chi connectivity index (χ3v) is 2.40. The van der Waals surface area contributed by atoms with Gasteiger partial charge in [-0.15, -0.1) is 0 Å². The van der Waals surface area contributed by atoms with E-state index in [0.717, 1.165) is 0 Å². The van der Waals surface area contributed by atoms with Gasteiger partial charge >= 0.3 is 5.97 Å². The standard InChI is InChI=1S/C9H7BrN2O3/c10-9-11-5-2-1-4(3-6(5)12-9)7(13)8(14)15/h1-3,7,13H,(H,11,12)(H,14,15). The Balaban J connectivity index is 2.50. The molecule has 0 radical (unpaired) electrons. The van der Waals surface area contributed by atoms with Crippen molar-refractivity contribution in [2.75, 3.05) is 0 Å². The maximum Gasteiger partial charge on any atom is 0.337 e. The normalized spacial score (nSPS) is 12.9. The third-order valence-electron chi connectivity index (χ3n) is 2.03. The number of halogens is 1. The topological polar surface area (TPSA) is 86.2 Å². The maximum atomic E-state index is 10.6. The molecular weight excluding hydrogens is 264 g/mol. The zero-order chi connectivity index (χ0) is 11.0. The molecule has 1 atom stereocenters. The van der Waals surface area contributed by atoms with E-state index in [0.29, 0.717) is 21.3 Å². The van der Waals surface area contributed by atoms with Crippen LogP contribution in [0.2, 0.25) is 0 Å². The van der Waals surface area contributed by atoms with Crippen LogP contribution in [0.25, 0.3) is 11.0 Å². The highest BCUT2D eigenvalue weighted by molar-refractivity contribution is 9.10. The van der Waals surface area contributed by atoms with E-state index in [4.69, 9.17) is 5.11 Å². The van der Waals surface area contributed by atoms with Crippen LogP contribution in [0.15, 0.2) is 22.9 Å². The Labute approximate surface area is 92.9 Å². The Bertz CT molecular complexity index is 523.